The van der Waals surface area contributed by atoms with Crippen LogP contribution in [0.4, 0.5) is 0 Å². The molecular formula is C17H26N2O2. The minimum atomic E-state index is -0.774. The van der Waals surface area contributed by atoms with Crippen LogP contribution in [-0.2, 0) is 17.8 Å². The highest BCUT2D eigenvalue weighted by molar-refractivity contribution is 5.70. The Labute approximate surface area is 127 Å². The van der Waals surface area contributed by atoms with Gasteiger partial charge in [0.15, 0.2) is 0 Å². The fourth-order valence-corrected chi connectivity index (χ4v) is 2.97. The Bertz CT molecular complexity index is 456. The fourth-order valence-electron chi connectivity index (χ4n) is 2.97. The number of likely N-dealkylation sites (tertiary alicyclic amines) is 1. The lowest BCUT2D eigenvalue weighted by Gasteiger charge is -2.32. The number of hydrogen-bond acceptors (Lipinski definition) is 3. The second-order valence-corrected chi connectivity index (χ2v) is 5.92. The second-order valence-electron chi connectivity index (χ2n) is 5.92. The van der Waals surface area contributed by atoms with E-state index >= 15 is 0 Å². The minimum Gasteiger partial charge on any atom is -0.481 e. The number of piperidine rings is 1. The SMILES string of the molecule is CC(CNCc1ccccc1CC(=O)O)N1CCCCC1. The molecule has 2 N–H and O–H groups in total. The molecule has 116 valence electrons. The van der Waals surface area contributed by atoms with Gasteiger partial charge in [0.05, 0.1) is 6.42 Å². The maximum absolute atomic E-state index is 10.9. The molecule has 4 nitrogen and oxygen atoms in total. The highest BCUT2D eigenvalue weighted by atomic mass is 16.4. The van der Waals surface area contributed by atoms with Crippen molar-refractivity contribution in [1.82, 2.24) is 10.2 Å². The zero-order chi connectivity index (χ0) is 15.1. The molecule has 1 unspecified atom stereocenters. The van der Waals surface area contributed by atoms with Crippen LogP contribution in [0.15, 0.2) is 24.3 Å². The third-order valence-corrected chi connectivity index (χ3v) is 4.23. The average Bonchev–Trinajstić information content (AvgIpc) is 2.49. The Morgan fingerprint density at radius 3 is 2.57 bits per heavy atom. The van der Waals surface area contributed by atoms with Crippen molar-refractivity contribution in [3.63, 3.8) is 0 Å². The Morgan fingerprint density at radius 2 is 1.90 bits per heavy atom. The number of carboxylic acids is 1. The van der Waals surface area contributed by atoms with Crippen LogP contribution in [0.5, 0.6) is 0 Å². The van der Waals surface area contributed by atoms with E-state index in [0.29, 0.717) is 6.04 Å². The number of benzene rings is 1. The molecule has 1 atom stereocenters. The van der Waals surface area contributed by atoms with E-state index in [1.54, 1.807) is 0 Å². The molecule has 0 amide bonds. The third-order valence-electron chi connectivity index (χ3n) is 4.23. The van der Waals surface area contributed by atoms with Gasteiger partial charge < -0.3 is 10.4 Å². The number of rotatable bonds is 7. The Hall–Kier alpha value is -1.39. The third kappa shape index (κ3) is 5.14. The van der Waals surface area contributed by atoms with Crippen LogP contribution in [-0.4, -0.2) is 41.7 Å². The van der Waals surface area contributed by atoms with Gasteiger partial charge in [-0.05, 0) is 44.0 Å². The molecule has 1 fully saturated rings. The summed E-state index contributed by atoms with van der Waals surface area (Å²) in [6.07, 6.45) is 4.08. The molecule has 0 spiro atoms. The summed E-state index contributed by atoms with van der Waals surface area (Å²) >= 11 is 0. The molecule has 0 aliphatic carbocycles. The van der Waals surface area contributed by atoms with Crippen molar-refractivity contribution in [1.29, 1.82) is 0 Å². The van der Waals surface area contributed by atoms with Crippen molar-refractivity contribution in [2.45, 2.75) is 45.2 Å². The molecule has 1 heterocycles. The molecule has 4 heteroatoms. The number of carboxylic acid groups (broad SMARTS) is 1. The summed E-state index contributed by atoms with van der Waals surface area (Å²) < 4.78 is 0. The van der Waals surface area contributed by atoms with Crippen LogP contribution in [0.1, 0.15) is 37.3 Å². The molecule has 1 aromatic carbocycles. The zero-order valence-electron chi connectivity index (χ0n) is 12.8. The van der Waals surface area contributed by atoms with E-state index in [-0.39, 0.29) is 6.42 Å². The van der Waals surface area contributed by atoms with E-state index in [4.69, 9.17) is 5.11 Å². The van der Waals surface area contributed by atoms with Gasteiger partial charge >= 0.3 is 5.97 Å². The van der Waals surface area contributed by atoms with Crippen LogP contribution >= 0.6 is 0 Å². The molecule has 21 heavy (non-hydrogen) atoms. The lowest BCUT2D eigenvalue weighted by Crippen LogP contribution is -2.43. The van der Waals surface area contributed by atoms with Gasteiger partial charge in [-0.2, -0.15) is 0 Å². The molecular weight excluding hydrogens is 264 g/mol. The van der Waals surface area contributed by atoms with Crippen LogP contribution in [0, 0.1) is 0 Å². The van der Waals surface area contributed by atoms with Crippen LogP contribution in [0.2, 0.25) is 0 Å². The van der Waals surface area contributed by atoms with Crippen LogP contribution < -0.4 is 5.32 Å². The molecule has 2 rings (SSSR count). The Morgan fingerprint density at radius 1 is 1.24 bits per heavy atom. The number of hydrogen-bond donors (Lipinski definition) is 2. The summed E-state index contributed by atoms with van der Waals surface area (Å²) in [5.74, 6) is -0.774. The van der Waals surface area contributed by atoms with E-state index < -0.39 is 5.97 Å². The van der Waals surface area contributed by atoms with Gasteiger partial charge in [0.1, 0.15) is 0 Å². The summed E-state index contributed by atoms with van der Waals surface area (Å²) in [5, 5.41) is 12.4. The summed E-state index contributed by atoms with van der Waals surface area (Å²) in [5.41, 5.74) is 1.99. The second kappa shape index (κ2) is 8.15. The highest BCUT2D eigenvalue weighted by Crippen LogP contribution is 2.12. The van der Waals surface area contributed by atoms with Crippen LogP contribution in [0.25, 0.3) is 0 Å². The Kier molecular flexibility index (Phi) is 6.21. The van der Waals surface area contributed by atoms with Gasteiger partial charge in [0.25, 0.3) is 0 Å². The predicted octanol–water partition coefficient (Wildman–Crippen LogP) is 2.28. The quantitative estimate of drug-likeness (QED) is 0.809. The van der Waals surface area contributed by atoms with Gasteiger partial charge in [0.2, 0.25) is 0 Å². The largest absolute Gasteiger partial charge is 0.481 e. The first kappa shape index (κ1) is 16.0. The lowest BCUT2D eigenvalue weighted by atomic mass is 10.0. The maximum atomic E-state index is 10.9. The summed E-state index contributed by atoms with van der Waals surface area (Å²) in [6.45, 7) is 6.36. The maximum Gasteiger partial charge on any atom is 0.307 e. The minimum absolute atomic E-state index is 0.0968. The Balaban J connectivity index is 1.81. The number of aliphatic carboxylic acids is 1. The highest BCUT2D eigenvalue weighted by Gasteiger charge is 2.16. The van der Waals surface area contributed by atoms with Gasteiger partial charge in [-0.3, -0.25) is 9.69 Å². The normalized spacial score (nSPS) is 17.6. The molecule has 0 bridgehead atoms. The predicted molar refractivity (Wildman–Crippen MR) is 84.4 cm³/mol. The van der Waals surface area contributed by atoms with Crippen molar-refractivity contribution in [2.24, 2.45) is 0 Å². The summed E-state index contributed by atoms with van der Waals surface area (Å²) in [6, 6.07) is 8.32. The van der Waals surface area contributed by atoms with E-state index in [0.717, 1.165) is 24.2 Å². The zero-order valence-corrected chi connectivity index (χ0v) is 12.8. The van der Waals surface area contributed by atoms with Crippen molar-refractivity contribution < 1.29 is 9.90 Å². The molecule has 0 aromatic heterocycles. The van der Waals surface area contributed by atoms with E-state index in [1.165, 1.54) is 32.4 Å². The van der Waals surface area contributed by atoms with E-state index in [1.807, 2.05) is 24.3 Å². The topological polar surface area (TPSA) is 52.6 Å². The first-order valence-corrected chi connectivity index (χ1v) is 7.90. The monoisotopic (exact) mass is 290 g/mol. The van der Waals surface area contributed by atoms with Crippen molar-refractivity contribution >= 4 is 5.97 Å². The van der Waals surface area contributed by atoms with E-state index in [9.17, 15) is 4.79 Å². The van der Waals surface area contributed by atoms with Gasteiger partial charge in [0, 0.05) is 19.1 Å². The molecule has 0 saturated carbocycles. The molecule has 1 saturated heterocycles. The van der Waals surface area contributed by atoms with Gasteiger partial charge in [-0.15, -0.1) is 0 Å². The fraction of sp³-hybridized carbons (Fsp3) is 0.588. The van der Waals surface area contributed by atoms with Crippen molar-refractivity contribution in [3.05, 3.63) is 35.4 Å². The van der Waals surface area contributed by atoms with Crippen molar-refractivity contribution in [2.75, 3.05) is 19.6 Å². The summed E-state index contributed by atoms with van der Waals surface area (Å²) in [7, 11) is 0. The summed E-state index contributed by atoms with van der Waals surface area (Å²) in [4.78, 5) is 13.4. The van der Waals surface area contributed by atoms with Gasteiger partial charge in [-0.1, -0.05) is 30.7 Å². The lowest BCUT2D eigenvalue weighted by molar-refractivity contribution is -0.136. The molecule has 0 radical (unpaired) electrons. The smallest absolute Gasteiger partial charge is 0.307 e. The van der Waals surface area contributed by atoms with E-state index in [2.05, 4.69) is 17.1 Å². The molecule has 1 aliphatic rings. The standard InChI is InChI=1S/C17H26N2O2/c1-14(19-9-5-2-6-10-19)12-18-13-16-8-4-3-7-15(16)11-17(20)21/h3-4,7-8,14,18H,2,5-6,9-13H2,1H3,(H,20,21). The van der Waals surface area contributed by atoms with Crippen molar-refractivity contribution in [3.8, 4) is 0 Å². The van der Waals surface area contributed by atoms with Gasteiger partial charge in [-0.25, -0.2) is 0 Å². The molecule has 1 aliphatic heterocycles. The number of carbonyl (C=O) groups is 1. The number of nitrogens with zero attached hydrogens (tertiary/aromatic N) is 1. The first-order valence-electron chi connectivity index (χ1n) is 7.90. The first-order chi connectivity index (χ1) is 10.2. The number of nitrogens with one attached hydrogen (secondary N) is 1. The van der Waals surface area contributed by atoms with Crippen LogP contribution in [0.3, 0.4) is 0 Å². The molecule has 1 aromatic rings. The average molecular weight is 290 g/mol.